The monoisotopic (exact) mass is 268 g/mol. The van der Waals surface area contributed by atoms with Crippen LogP contribution in [0.2, 0.25) is 0 Å². The molecule has 1 atom stereocenters. The van der Waals surface area contributed by atoms with Crippen LogP contribution in [-0.4, -0.2) is 0 Å². The van der Waals surface area contributed by atoms with Crippen molar-refractivity contribution in [1.82, 2.24) is 0 Å². The molecule has 0 spiro atoms. The van der Waals surface area contributed by atoms with Crippen molar-refractivity contribution in [2.45, 2.75) is 47.0 Å². The van der Waals surface area contributed by atoms with Crippen LogP contribution in [0.1, 0.15) is 45.6 Å². The Hall–Kier alpha value is -1.56. The Bertz CT molecular complexity index is 460. The lowest BCUT2D eigenvalue weighted by Crippen LogP contribution is -1.83. The van der Waals surface area contributed by atoms with Crippen molar-refractivity contribution < 1.29 is 0 Å². The van der Waals surface area contributed by atoms with E-state index < -0.39 is 0 Å². The van der Waals surface area contributed by atoms with Crippen LogP contribution < -0.4 is 0 Å². The summed E-state index contributed by atoms with van der Waals surface area (Å²) in [5.41, 5.74) is 4.28. The van der Waals surface area contributed by atoms with Gasteiger partial charge >= 0.3 is 0 Å². The smallest absolute Gasteiger partial charge is 0.00754 e. The van der Waals surface area contributed by atoms with E-state index >= 15 is 0 Å². The molecule has 0 bridgehead atoms. The summed E-state index contributed by atoms with van der Waals surface area (Å²) < 4.78 is 0. The van der Waals surface area contributed by atoms with Gasteiger partial charge in [0.2, 0.25) is 0 Å². The summed E-state index contributed by atoms with van der Waals surface area (Å²) in [5.74, 6) is 0.592. The third-order valence-corrected chi connectivity index (χ3v) is 3.50. The Morgan fingerprint density at radius 1 is 0.950 bits per heavy atom. The van der Waals surface area contributed by atoms with Gasteiger partial charge in [-0.1, -0.05) is 80.5 Å². The first-order valence-corrected chi connectivity index (χ1v) is 7.71. The minimum absolute atomic E-state index is 0.592. The van der Waals surface area contributed by atoms with E-state index in [-0.39, 0.29) is 0 Å². The minimum atomic E-state index is 0.592. The van der Waals surface area contributed by atoms with Gasteiger partial charge < -0.3 is 0 Å². The molecule has 0 radical (unpaired) electrons. The number of hydrogen-bond acceptors (Lipinski definition) is 0. The highest BCUT2D eigenvalue weighted by Gasteiger charge is 2.01. The van der Waals surface area contributed by atoms with Gasteiger partial charge in [-0.05, 0) is 43.8 Å². The first-order valence-electron chi connectivity index (χ1n) is 7.71. The molecule has 0 N–H and O–H groups in total. The molecule has 1 aliphatic carbocycles. The van der Waals surface area contributed by atoms with Crippen LogP contribution in [0.5, 0.6) is 0 Å². The van der Waals surface area contributed by atoms with E-state index in [9.17, 15) is 0 Å². The van der Waals surface area contributed by atoms with Crippen molar-refractivity contribution in [2.75, 3.05) is 0 Å². The molecule has 2 rings (SSSR count). The maximum absolute atomic E-state index is 2.30. The van der Waals surface area contributed by atoms with Crippen molar-refractivity contribution in [1.29, 1.82) is 0 Å². The van der Waals surface area contributed by atoms with Gasteiger partial charge in [0.25, 0.3) is 0 Å². The second-order valence-electron chi connectivity index (χ2n) is 5.54. The molecule has 0 saturated carbocycles. The quantitative estimate of drug-likeness (QED) is 0.607. The average Bonchev–Trinajstić information content (AvgIpc) is 2.61. The zero-order chi connectivity index (χ0) is 14.8. The number of allylic oxidation sites excluding steroid dienone is 6. The fraction of sp³-hybridized carbons (Fsp3) is 0.400. The molecule has 20 heavy (non-hydrogen) atoms. The fourth-order valence-corrected chi connectivity index (χ4v) is 2.05. The summed E-state index contributed by atoms with van der Waals surface area (Å²) in [6, 6.07) is 10.3. The summed E-state index contributed by atoms with van der Waals surface area (Å²) in [4.78, 5) is 0. The lowest BCUT2D eigenvalue weighted by molar-refractivity contribution is 0.793. The van der Waals surface area contributed by atoms with Crippen molar-refractivity contribution in [3.63, 3.8) is 0 Å². The Labute approximate surface area is 124 Å². The Morgan fingerprint density at radius 2 is 1.60 bits per heavy atom. The number of aryl methyl sites for hydroxylation is 1. The van der Waals surface area contributed by atoms with Crippen LogP contribution in [0.15, 0.2) is 65.8 Å². The van der Waals surface area contributed by atoms with Gasteiger partial charge in [-0.25, -0.2) is 0 Å². The molecule has 0 heterocycles. The van der Waals surface area contributed by atoms with Crippen LogP contribution in [0, 0.1) is 12.8 Å². The molecule has 0 fully saturated rings. The maximum Gasteiger partial charge on any atom is -0.00754 e. The van der Waals surface area contributed by atoms with Crippen LogP contribution in [0.3, 0.4) is 0 Å². The first-order chi connectivity index (χ1) is 9.63. The van der Waals surface area contributed by atoms with E-state index in [1.165, 1.54) is 36.0 Å². The van der Waals surface area contributed by atoms with Crippen molar-refractivity contribution in [2.24, 2.45) is 5.92 Å². The molecular weight excluding hydrogens is 240 g/mol. The zero-order valence-electron chi connectivity index (χ0n) is 13.4. The summed E-state index contributed by atoms with van der Waals surface area (Å²) in [6.07, 6.45) is 12.9. The second-order valence-corrected chi connectivity index (χ2v) is 5.54. The van der Waals surface area contributed by atoms with Gasteiger partial charge in [0.15, 0.2) is 0 Å². The maximum atomic E-state index is 2.30. The highest BCUT2D eigenvalue weighted by molar-refractivity contribution is 5.35. The van der Waals surface area contributed by atoms with Crippen molar-refractivity contribution in [3.8, 4) is 0 Å². The van der Waals surface area contributed by atoms with E-state index in [1.807, 2.05) is 18.2 Å². The molecule has 0 saturated heterocycles. The first kappa shape index (κ1) is 16.5. The largest absolute Gasteiger partial charge is 0.0776 e. The third-order valence-electron chi connectivity index (χ3n) is 3.50. The molecule has 0 amide bonds. The van der Waals surface area contributed by atoms with Gasteiger partial charge in [-0.15, -0.1) is 0 Å². The molecule has 1 aromatic carbocycles. The lowest BCUT2D eigenvalue weighted by Gasteiger charge is -2.02. The molecule has 0 aromatic heterocycles. The predicted molar refractivity (Wildman–Crippen MR) is 90.8 cm³/mol. The summed E-state index contributed by atoms with van der Waals surface area (Å²) in [5, 5.41) is 0. The molecule has 0 heteroatoms. The van der Waals surface area contributed by atoms with E-state index in [1.54, 1.807) is 0 Å². The minimum Gasteiger partial charge on any atom is -0.0776 e. The molecule has 0 nitrogen and oxygen atoms in total. The molecule has 1 aliphatic rings. The normalized spacial score (nSPS) is 17.5. The Morgan fingerprint density at radius 3 is 2.15 bits per heavy atom. The zero-order valence-corrected chi connectivity index (χ0v) is 13.4. The van der Waals surface area contributed by atoms with Gasteiger partial charge in [0, 0.05) is 0 Å². The summed E-state index contributed by atoms with van der Waals surface area (Å²) in [6.45, 7) is 8.77. The molecule has 108 valence electrons. The summed E-state index contributed by atoms with van der Waals surface area (Å²) in [7, 11) is 0. The van der Waals surface area contributed by atoms with Crippen LogP contribution >= 0.6 is 0 Å². The highest BCUT2D eigenvalue weighted by Crippen LogP contribution is 2.20. The molecule has 1 unspecified atom stereocenters. The van der Waals surface area contributed by atoms with Gasteiger partial charge in [-0.2, -0.15) is 0 Å². The number of rotatable bonds is 3. The van der Waals surface area contributed by atoms with Crippen LogP contribution in [-0.2, 0) is 0 Å². The van der Waals surface area contributed by atoms with Crippen LogP contribution in [0.4, 0.5) is 0 Å². The predicted octanol–water partition coefficient (Wildman–Crippen LogP) is 6.25. The Balaban J connectivity index is 0.000000240. The Kier molecular flexibility index (Phi) is 7.72. The van der Waals surface area contributed by atoms with E-state index in [0.717, 1.165) is 0 Å². The lowest BCUT2D eigenvalue weighted by atomic mass is 10.0. The van der Waals surface area contributed by atoms with E-state index in [2.05, 4.69) is 64.1 Å². The SMILES string of the molecule is CCCCC1=C(C)C=CC(C)C=C1.Cc1ccccc1. The molecule has 1 aromatic rings. The number of unbranched alkanes of at least 4 members (excludes halogenated alkanes) is 1. The number of hydrogen-bond donors (Lipinski definition) is 0. The van der Waals surface area contributed by atoms with Crippen LogP contribution in [0.25, 0.3) is 0 Å². The fourth-order valence-electron chi connectivity index (χ4n) is 2.05. The number of benzene rings is 1. The molecule has 0 aliphatic heterocycles. The third kappa shape index (κ3) is 6.56. The highest BCUT2D eigenvalue weighted by atomic mass is 14.1. The van der Waals surface area contributed by atoms with Gasteiger partial charge in [0.05, 0.1) is 0 Å². The topological polar surface area (TPSA) is 0 Å². The van der Waals surface area contributed by atoms with Crippen molar-refractivity contribution >= 4 is 0 Å². The standard InChI is InChI=1S/C13H20.C7H8/c1-4-5-6-13-10-8-11(2)7-9-12(13)3;1-7-5-3-2-4-6-7/h7-11H,4-6H2,1-3H3;2-6H,1H3. The van der Waals surface area contributed by atoms with Gasteiger partial charge in [-0.3, -0.25) is 0 Å². The van der Waals surface area contributed by atoms with Crippen molar-refractivity contribution in [3.05, 3.63) is 71.3 Å². The summed E-state index contributed by atoms with van der Waals surface area (Å²) >= 11 is 0. The average molecular weight is 268 g/mol. The van der Waals surface area contributed by atoms with E-state index in [4.69, 9.17) is 0 Å². The molecular formula is C20H28. The second kappa shape index (κ2) is 9.36. The van der Waals surface area contributed by atoms with Gasteiger partial charge in [0.1, 0.15) is 0 Å². The van der Waals surface area contributed by atoms with E-state index in [0.29, 0.717) is 5.92 Å².